The molecule has 0 amide bonds. The number of aromatic amines is 2. The second kappa shape index (κ2) is 11.5. The van der Waals surface area contributed by atoms with Gasteiger partial charge in [-0.3, -0.25) is 9.80 Å². The third-order valence-corrected chi connectivity index (χ3v) is 7.42. The molecule has 2 N–H and O–H groups in total. The number of hydrogen-bond acceptors (Lipinski definition) is 8. The van der Waals surface area contributed by atoms with Gasteiger partial charge in [-0.1, -0.05) is 0 Å². The van der Waals surface area contributed by atoms with Gasteiger partial charge in [0.25, 0.3) is 0 Å². The van der Waals surface area contributed by atoms with E-state index in [2.05, 4.69) is 31.9 Å². The largest absolute Gasteiger partial charge is 0.493 e. The number of nitrogens with one attached hydrogen (secondary N) is 2. The normalized spacial score (nSPS) is 14.9. The first-order valence-electron chi connectivity index (χ1n) is 13.1. The highest BCUT2D eigenvalue weighted by Crippen LogP contribution is 2.44. The lowest BCUT2D eigenvalue weighted by Crippen LogP contribution is -2.30. The van der Waals surface area contributed by atoms with Gasteiger partial charge in [0.1, 0.15) is 0 Å². The highest BCUT2D eigenvalue weighted by molar-refractivity contribution is 5.92. The van der Waals surface area contributed by atoms with Crippen molar-refractivity contribution in [3.63, 3.8) is 0 Å². The molecule has 10 nitrogen and oxygen atoms in total. The summed E-state index contributed by atoms with van der Waals surface area (Å²) < 4.78 is 33.5. The molecular formula is C29H38N4O6. The fraction of sp³-hybridized carbons (Fsp3) is 0.448. The Morgan fingerprint density at radius 2 is 0.949 bits per heavy atom. The second-order valence-electron chi connectivity index (χ2n) is 9.71. The lowest BCUT2D eigenvalue weighted by molar-refractivity contribution is 0.244. The van der Waals surface area contributed by atoms with Crippen LogP contribution in [0.5, 0.6) is 34.5 Å². The second-order valence-corrected chi connectivity index (χ2v) is 9.71. The van der Waals surface area contributed by atoms with E-state index in [-0.39, 0.29) is 0 Å². The van der Waals surface area contributed by atoms with Gasteiger partial charge in [-0.05, 0) is 43.8 Å². The Bertz CT molecular complexity index is 1340. The molecule has 4 aromatic rings. The summed E-state index contributed by atoms with van der Waals surface area (Å²) in [5, 5.41) is 2.08. The van der Waals surface area contributed by atoms with Crippen molar-refractivity contribution < 1.29 is 28.4 Å². The summed E-state index contributed by atoms with van der Waals surface area (Å²) >= 11 is 0. The van der Waals surface area contributed by atoms with Crippen LogP contribution < -0.4 is 28.4 Å². The molecule has 5 rings (SSSR count). The van der Waals surface area contributed by atoms with Crippen LogP contribution in [0.25, 0.3) is 21.8 Å². The van der Waals surface area contributed by atoms with Crippen LogP contribution in [0, 0.1) is 0 Å². The van der Waals surface area contributed by atoms with Crippen LogP contribution in [0.4, 0.5) is 0 Å². The van der Waals surface area contributed by atoms with Gasteiger partial charge in [-0.15, -0.1) is 0 Å². The van der Waals surface area contributed by atoms with Crippen LogP contribution >= 0.6 is 0 Å². The third kappa shape index (κ3) is 5.14. The molecule has 0 spiro atoms. The smallest absolute Gasteiger partial charge is 0.205 e. The molecule has 0 unspecified atom stereocenters. The zero-order chi connectivity index (χ0) is 27.5. The Balaban J connectivity index is 1.28. The maximum absolute atomic E-state index is 5.67. The number of rotatable bonds is 10. The number of hydrogen-bond donors (Lipinski definition) is 2. The van der Waals surface area contributed by atoms with Crippen LogP contribution in [0.3, 0.4) is 0 Å². The number of methoxy groups -OCH3 is 6. The Labute approximate surface area is 228 Å². The van der Waals surface area contributed by atoms with Crippen molar-refractivity contribution in [1.29, 1.82) is 0 Å². The quantitative estimate of drug-likeness (QED) is 0.307. The standard InChI is InChI=1S/C29H38N4O6/c1-34-22-14-18-12-20(30-24(18)28(38-5)26(22)36-3)16-32-8-7-9-33(11-10-32)17-21-13-19-15-23(35-2)27(37-4)29(39-6)25(19)31-21/h12-15,30-31H,7-11,16-17H2,1-6H3. The lowest BCUT2D eigenvalue weighted by atomic mass is 10.2. The Kier molecular flexibility index (Phi) is 7.94. The van der Waals surface area contributed by atoms with Crippen LogP contribution in [-0.2, 0) is 13.1 Å². The van der Waals surface area contributed by atoms with Crippen LogP contribution in [0.2, 0.25) is 0 Å². The zero-order valence-corrected chi connectivity index (χ0v) is 23.6. The number of nitrogens with zero attached hydrogens (tertiary/aromatic N) is 2. The average molecular weight is 539 g/mol. The summed E-state index contributed by atoms with van der Waals surface area (Å²) in [4.78, 5) is 12.1. The minimum Gasteiger partial charge on any atom is -0.493 e. The highest BCUT2D eigenvalue weighted by Gasteiger charge is 2.22. The Hall–Kier alpha value is -3.76. The zero-order valence-electron chi connectivity index (χ0n) is 23.6. The maximum atomic E-state index is 5.67. The first-order chi connectivity index (χ1) is 19.0. The topological polar surface area (TPSA) is 93.4 Å². The summed E-state index contributed by atoms with van der Waals surface area (Å²) in [6.07, 6.45) is 1.09. The van der Waals surface area contributed by atoms with Gasteiger partial charge in [0.2, 0.25) is 11.5 Å². The SMILES string of the molecule is COc1cc2cc(CN3CCCN(Cc4cc5cc(OC)c(OC)c(OC)c5[nH]4)CC3)[nH]c2c(OC)c1OC. The van der Waals surface area contributed by atoms with Gasteiger partial charge >= 0.3 is 0 Å². The Morgan fingerprint density at radius 1 is 0.538 bits per heavy atom. The van der Waals surface area contributed by atoms with Crippen LogP contribution in [0.1, 0.15) is 17.8 Å². The summed E-state index contributed by atoms with van der Waals surface area (Å²) in [7, 11) is 9.82. The number of fused-ring (bicyclic) bond motifs is 2. The predicted octanol–water partition coefficient (Wildman–Crippen LogP) is 4.41. The summed E-state index contributed by atoms with van der Waals surface area (Å²) in [6.45, 7) is 5.68. The molecule has 2 aromatic carbocycles. The first-order valence-corrected chi connectivity index (χ1v) is 13.1. The number of benzene rings is 2. The monoisotopic (exact) mass is 538 g/mol. The first kappa shape index (κ1) is 26.8. The van der Waals surface area contributed by atoms with E-state index < -0.39 is 0 Å². The maximum Gasteiger partial charge on any atom is 0.205 e. The van der Waals surface area contributed by atoms with Crippen LogP contribution in [-0.4, -0.2) is 88.6 Å². The van der Waals surface area contributed by atoms with E-state index in [0.29, 0.717) is 34.5 Å². The van der Waals surface area contributed by atoms with Gasteiger partial charge < -0.3 is 38.4 Å². The van der Waals surface area contributed by atoms with Gasteiger partial charge in [0, 0.05) is 48.3 Å². The van der Waals surface area contributed by atoms with E-state index in [1.807, 2.05) is 12.1 Å². The molecule has 10 heteroatoms. The molecule has 1 aliphatic heterocycles. The minimum absolute atomic E-state index is 0.595. The van der Waals surface area contributed by atoms with Gasteiger partial charge in [-0.2, -0.15) is 0 Å². The van der Waals surface area contributed by atoms with Gasteiger partial charge in [0.05, 0.1) is 53.7 Å². The van der Waals surface area contributed by atoms with Crippen molar-refractivity contribution in [3.05, 3.63) is 35.7 Å². The molecule has 39 heavy (non-hydrogen) atoms. The minimum atomic E-state index is 0.595. The van der Waals surface area contributed by atoms with E-state index in [0.717, 1.165) is 78.9 Å². The molecule has 0 aliphatic carbocycles. The molecule has 3 heterocycles. The molecule has 1 saturated heterocycles. The van der Waals surface area contributed by atoms with Crippen molar-refractivity contribution in [2.24, 2.45) is 0 Å². The summed E-state index contributed by atoms with van der Waals surface area (Å²) in [5.74, 6) is 3.82. The van der Waals surface area contributed by atoms with Crippen LogP contribution in [0.15, 0.2) is 24.3 Å². The Morgan fingerprint density at radius 3 is 1.31 bits per heavy atom. The molecule has 0 radical (unpaired) electrons. The molecule has 2 aromatic heterocycles. The van der Waals surface area contributed by atoms with Crippen molar-refractivity contribution in [1.82, 2.24) is 19.8 Å². The number of ether oxygens (including phenoxy) is 6. The van der Waals surface area contributed by atoms with E-state index in [9.17, 15) is 0 Å². The number of H-pyrrole nitrogens is 2. The molecular weight excluding hydrogens is 500 g/mol. The van der Waals surface area contributed by atoms with E-state index in [4.69, 9.17) is 28.4 Å². The van der Waals surface area contributed by atoms with Crippen molar-refractivity contribution in [2.75, 3.05) is 68.8 Å². The molecule has 1 fully saturated rings. The van der Waals surface area contributed by atoms with Crippen molar-refractivity contribution >= 4 is 21.8 Å². The molecule has 0 bridgehead atoms. The fourth-order valence-corrected chi connectivity index (χ4v) is 5.60. The molecule has 0 atom stereocenters. The summed E-state index contributed by atoms with van der Waals surface area (Å²) in [6, 6.07) is 8.31. The lowest BCUT2D eigenvalue weighted by Gasteiger charge is -2.21. The van der Waals surface area contributed by atoms with Gasteiger partial charge in [0.15, 0.2) is 23.0 Å². The highest BCUT2D eigenvalue weighted by atomic mass is 16.5. The third-order valence-electron chi connectivity index (χ3n) is 7.42. The molecule has 0 saturated carbocycles. The van der Waals surface area contributed by atoms with E-state index >= 15 is 0 Å². The van der Waals surface area contributed by atoms with E-state index in [1.54, 1.807) is 42.7 Å². The summed E-state index contributed by atoms with van der Waals surface area (Å²) in [5.41, 5.74) is 4.11. The van der Waals surface area contributed by atoms with Crippen molar-refractivity contribution in [2.45, 2.75) is 19.5 Å². The predicted molar refractivity (Wildman–Crippen MR) is 151 cm³/mol. The fourth-order valence-electron chi connectivity index (χ4n) is 5.60. The van der Waals surface area contributed by atoms with Gasteiger partial charge in [-0.25, -0.2) is 0 Å². The van der Waals surface area contributed by atoms with E-state index in [1.165, 1.54) is 0 Å². The number of aromatic nitrogens is 2. The average Bonchev–Trinajstić information content (AvgIpc) is 3.48. The van der Waals surface area contributed by atoms with Crippen molar-refractivity contribution in [3.8, 4) is 34.5 Å². The molecule has 210 valence electrons. The molecule has 1 aliphatic rings.